The maximum Gasteiger partial charge on any atom is 0.410 e. The fraction of sp³-hybridized carbons (Fsp3) is 0.464. The molecule has 194 valence electrons. The highest BCUT2D eigenvalue weighted by Gasteiger charge is 2.42. The lowest BCUT2D eigenvalue weighted by atomic mass is 9.82. The largest absolute Gasteiger partial charge is 0.478 e. The predicted octanol–water partition coefficient (Wildman–Crippen LogP) is 5.71. The van der Waals surface area contributed by atoms with Gasteiger partial charge >= 0.3 is 12.1 Å². The van der Waals surface area contributed by atoms with Gasteiger partial charge in [-0.15, -0.1) is 11.8 Å². The number of aryl methyl sites for hydroxylation is 2. The highest BCUT2D eigenvalue weighted by molar-refractivity contribution is 7.98. The Bertz CT molecular complexity index is 1120. The minimum absolute atomic E-state index is 0.0184. The Morgan fingerprint density at radius 2 is 1.64 bits per heavy atom. The lowest BCUT2D eigenvalue weighted by molar-refractivity contribution is -0.152. The number of aliphatic carboxylic acids is 1. The number of amides is 1. The van der Waals surface area contributed by atoms with Gasteiger partial charge < -0.3 is 19.5 Å². The molecule has 2 unspecified atom stereocenters. The van der Waals surface area contributed by atoms with Crippen LogP contribution in [0.1, 0.15) is 60.7 Å². The van der Waals surface area contributed by atoms with Crippen molar-refractivity contribution < 1.29 is 29.0 Å². The van der Waals surface area contributed by atoms with Gasteiger partial charge in [-0.25, -0.2) is 9.59 Å². The van der Waals surface area contributed by atoms with Crippen molar-refractivity contribution in [3.63, 3.8) is 0 Å². The van der Waals surface area contributed by atoms with Gasteiger partial charge in [-0.2, -0.15) is 0 Å². The fourth-order valence-electron chi connectivity index (χ4n) is 4.46. The quantitative estimate of drug-likeness (QED) is 0.357. The molecule has 1 aliphatic rings. The van der Waals surface area contributed by atoms with Crippen LogP contribution < -0.4 is 4.74 Å². The molecule has 7 nitrogen and oxygen atoms in total. The molecule has 3 rings (SSSR count). The molecule has 0 saturated carbocycles. The number of carbonyl (C=O) groups excluding carboxylic acids is 2. The third kappa shape index (κ3) is 6.03. The van der Waals surface area contributed by atoms with Gasteiger partial charge in [0.1, 0.15) is 5.75 Å². The zero-order valence-corrected chi connectivity index (χ0v) is 22.8. The van der Waals surface area contributed by atoms with Crippen LogP contribution in [0.2, 0.25) is 0 Å². The van der Waals surface area contributed by atoms with Gasteiger partial charge in [0.05, 0.1) is 6.10 Å². The molecular formula is C28H35NO6S. The number of rotatable bonds is 8. The lowest BCUT2D eigenvalue weighted by Crippen LogP contribution is -2.38. The van der Waals surface area contributed by atoms with E-state index in [-0.39, 0.29) is 24.3 Å². The molecule has 2 aromatic carbocycles. The summed E-state index contributed by atoms with van der Waals surface area (Å²) in [6.45, 7) is 11.0. The number of ketones is 1. The first-order chi connectivity index (χ1) is 16.8. The van der Waals surface area contributed by atoms with Crippen molar-refractivity contribution in [1.29, 1.82) is 0 Å². The highest BCUT2D eigenvalue weighted by Crippen LogP contribution is 2.39. The number of hydrogen-bond acceptors (Lipinski definition) is 6. The van der Waals surface area contributed by atoms with E-state index in [1.54, 1.807) is 30.5 Å². The molecule has 0 bridgehead atoms. The van der Waals surface area contributed by atoms with Crippen molar-refractivity contribution in [3.05, 3.63) is 58.7 Å². The molecule has 0 radical (unpaired) electrons. The Balaban J connectivity index is 1.98. The minimum Gasteiger partial charge on any atom is -0.478 e. The molecule has 2 atom stereocenters. The summed E-state index contributed by atoms with van der Waals surface area (Å²) < 4.78 is 11.3. The van der Waals surface area contributed by atoms with Gasteiger partial charge in [-0.3, -0.25) is 4.79 Å². The van der Waals surface area contributed by atoms with Gasteiger partial charge in [0.25, 0.3) is 0 Å². The SMILES string of the molecule is CSc1ccc(C(=O)C2CN(C(=O)OC(C)C)CC2c2cc(C)c(OC(C)(C)C(=O)O)c(C)c2)cc1. The second-order valence-corrected chi connectivity index (χ2v) is 10.9. The summed E-state index contributed by atoms with van der Waals surface area (Å²) in [6.07, 6.45) is 1.29. The number of nitrogens with zero attached hydrogens (tertiary/aromatic N) is 1. The Hall–Kier alpha value is -3.00. The third-order valence-electron chi connectivity index (χ3n) is 6.41. The Morgan fingerprint density at radius 1 is 1.06 bits per heavy atom. The van der Waals surface area contributed by atoms with Crippen LogP contribution in [-0.2, 0) is 9.53 Å². The van der Waals surface area contributed by atoms with Gasteiger partial charge in [0.2, 0.25) is 0 Å². The van der Waals surface area contributed by atoms with E-state index in [1.165, 1.54) is 13.8 Å². The van der Waals surface area contributed by atoms with Crippen LogP contribution in [0.5, 0.6) is 5.75 Å². The maximum atomic E-state index is 13.6. The Kier molecular flexibility index (Phi) is 8.39. The summed E-state index contributed by atoms with van der Waals surface area (Å²) in [5.41, 5.74) is 1.68. The molecule has 0 aliphatic carbocycles. The Labute approximate surface area is 217 Å². The van der Waals surface area contributed by atoms with E-state index in [0.717, 1.165) is 21.6 Å². The summed E-state index contributed by atoms with van der Waals surface area (Å²) in [6, 6.07) is 11.4. The second-order valence-electron chi connectivity index (χ2n) is 10.0. The van der Waals surface area contributed by atoms with Crippen LogP contribution in [0.15, 0.2) is 41.3 Å². The normalized spacial score (nSPS) is 17.8. The van der Waals surface area contributed by atoms with Crippen molar-refractivity contribution in [2.75, 3.05) is 19.3 Å². The van der Waals surface area contributed by atoms with Crippen LogP contribution >= 0.6 is 11.8 Å². The van der Waals surface area contributed by atoms with Gasteiger partial charge in [0, 0.05) is 35.4 Å². The average molecular weight is 514 g/mol. The number of carboxylic acid groups (broad SMARTS) is 1. The zero-order valence-electron chi connectivity index (χ0n) is 22.0. The first kappa shape index (κ1) is 27.6. The van der Waals surface area contributed by atoms with Gasteiger partial charge in [-0.05, 0) is 76.6 Å². The maximum absolute atomic E-state index is 13.6. The molecule has 1 N–H and O–H groups in total. The van der Waals surface area contributed by atoms with E-state index in [4.69, 9.17) is 9.47 Å². The number of Topliss-reactive ketones (excluding diaryl/α,β-unsaturated/α-hetero) is 1. The number of carbonyl (C=O) groups is 3. The van der Waals surface area contributed by atoms with Crippen molar-refractivity contribution in [2.24, 2.45) is 5.92 Å². The summed E-state index contributed by atoms with van der Waals surface area (Å²) in [5.74, 6) is -1.24. The van der Waals surface area contributed by atoms with E-state index in [9.17, 15) is 19.5 Å². The standard InChI is InChI=1S/C28H35NO6S/c1-16(2)34-27(33)29-14-22(23(15-29)24(30)19-8-10-21(36-7)11-9-19)20-12-17(3)25(18(4)13-20)35-28(5,6)26(31)32/h8-13,16,22-23H,14-15H2,1-7H3,(H,31,32). The number of carboxylic acids is 1. The smallest absolute Gasteiger partial charge is 0.410 e. The van der Waals surface area contributed by atoms with Gasteiger partial charge in [0.15, 0.2) is 11.4 Å². The molecule has 1 aliphatic heterocycles. The second kappa shape index (κ2) is 10.9. The monoisotopic (exact) mass is 513 g/mol. The molecule has 0 aromatic heterocycles. The summed E-state index contributed by atoms with van der Waals surface area (Å²) in [5, 5.41) is 9.48. The molecule has 8 heteroatoms. The van der Waals surface area contributed by atoms with E-state index < -0.39 is 23.6 Å². The lowest BCUT2D eigenvalue weighted by Gasteiger charge is -2.26. The number of likely N-dealkylation sites (tertiary alicyclic amines) is 1. The van der Waals surface area contributed by atoms with E-state index in [0.29, 0.717) is 17.9 Å². The van der Waals surface area contributed by atoms with Crippen molar-refractivity contribution in [1.82, 2.24) is 4.90 Å². The topological polar surface area (TPSA) is 93.1 Å². The minimum atomic E-state index is -1.39. The van der Waals surface area contributed by atoms with E-state index in [1.807, 2.05) is 56.5 Å². The molecule has 0 spiro atoms. The summed E-state index contributed by atoms with van der Waals surface area (Å²) in [4.78, 5) is 40.6. The summed E-state index contributed by atoms with van der Waals surface area (Å²) in [7, 11) is 0. The number of thioether (sulfide) groups is 1. The fourth-order valence-corrected chi connectivity index (χ4v) is 4.87. The number of ether oxygens (including phenoxy) is 2. The number of hydrogen-bond donors (Lipinski definition) is 1. The zero-order chi connectivity index (χ0) is 26.8. The molecule has 1 heterocycles. The first-order valence-corrected chi connectivity index (χ1v) is 13.2. The van der Waals surface area contributed by atoms with Crippen molar-refractivity contribution in [2.45, 2.75) is 64.1 Å². The summed E-state index contributed by atoms with van der Waals surface area (Å²) >= 11 is 1.61. The average Bonchev–Trinajstić information content (AvgIpc) is 3.26. The van der Waals surface area contributed by atoms with Crippen LogP contribution in [0.4, 0.5) is 4.79 Å². The third-order valence-corrected chi connectivity index (χ3v) is 7.15. The molecule has 1 fully saturated rings. The van der Waals surface area contributed by atoms with Crippen LogP contribution in [0, 0.1) is 19.8 Å². The molecular weight excluding hydrogens is 478 g/mol. The van der Waals surface area contributed by atoms with Gasteiger partial charge in [-0.1, -0.05) is 24.3 Å². The predicted molar refractivity (Wildman–Crippen MR) is 140 cm³/mol. The first-order valence-electron chi connectivity index (χ1n) is 12.0. The van der Waals surface area contributed by atoms with Crippen LogP contribution in [0.25, 0.3) is 0 Å². The van der Waals surface area contributed by atoms with E-state index >= 15 is 0 Å². The Morgan fingerprint density at radius 3 is 2.14 bits per heavy atom. The van der Waals surface area contributed by atoms with Crippen molar-refractivity contribution in [3.8, 4) is 5.75 Å². The molecule has 36 heavy (non-hydrogen) atoms. The van der Waals surface area contributed by atoms with Crippen LogP contribution in [-0.4, -0.2) is 58.9 Å². The molecule has 1 saturated heterocycles. The molecule has 2 aromatic rings. The van der Waals surface area contributed by atoms with Crippen molar-refractivity contribution >= 4 is 29.6 Å². The van der Waals surface area contributed by atoms with Crippen LogP contribution in [0.3, 0.4) is 0 Å². The molecule has 1 amide bonds. The number of benzene rings is 2. The van der Waals surface area contributed by atoms with E-state index in [2.05, 4.69) is 0 Å². The highest BCUT2D eigenvalue weighted by atomic mass is 32.2.